The molecule has 18 heavy (non-hydrogen) atoms. The first kappa shape index (κ1) is 13.2. The van der Waals surface area contributed by atoms with Crippen LogP contribution < -0.4 is 4.72 Å². The van der Waals surface area contributed by atoms with Crippen LogP contribution in [0.5, 0.6) is 0 Å². The second-order valence-electron chi connectivity index (χ2n) is 3.74. The molecule has 0 radical (unpaired) electrons. The van der Waals surface area contributed by atoms with Gasteiger partial charge in [0, 0.05) is 0 Å². The third kappa shape index (κ3) is 1.77. The Balaban J connectivity index is 2.58. The summed E-state index contributed by atoms with van der Waals surface area (Å²) in [6.45, 7) is 0. The van der Waals surface area contributed by atoms with Crippen LogP contribution in [0.1, 0.15) is 0 Å². The highest BCUT2D eigenvalue weighted by Gasteiger charge is 2.60. The lowest BCUT2D eigenvalue weighted by Gasteiger charge is -2.21. The van der Waals surface area contributed by atoms with Gasteiger partial charge >= 0.3 is 5.92 Å². The lowest BCUT2D eigenvalue weighted by atomic mass is 9.95. The fourth-order valence-electron chi connectivity index (χ4n) is 1.89. The third-order valence-electron chi connectivity index (χ3n) is 2.62. The summed E-state index contributed by atoms with van der Waals surface area (Å²) in [5, 5.41) is 0. The first-order valence-corrected chi connectivity index (χ1v) is 5.82. The highest BCUT2D eigenvalue weighted by Crippen LogP contribution is 2.51. The molecule has 0 amide bonds. The van der Waals surface area contributed by atoms with E-state index in [1.165, 1.54) is 4.72 Å². The fraction of sp³-hybridized carbons (Fsp3) is 0.333. The van der Waals surface area contributed by atoms with Crippen LogP contribution in [0.25, 0.3) is 0 Å². The van der Waals surface area contributed by atoms with Crippen LogP contribution in [-0.2, 0) is 10.9 Å². The first-order chi connectivity index (χ1) is 8.18. The largest absolute Gasteiger partial charge is 0.319 e. The summed E-state index contributed by atoms with van der Waals surface area (Å²) in [6.07, 6.45) is 1.88. The molecule has 2 rings (SSSR count). The smallest absolute Gasteiger partial charge is 0.215 e. The van der Waals surface area contributed by atoms with Gasteiger partial charge in [0.25, 0.3) is 5.92 Å². The Bertz CT molecular complexity index is 553. The number of nitrogens with one attached hydrogen (secondary N) is 1. The standard InChI is InChI=1S/C9H6F5NO2S/c10-6-5-4(2-1-3-8(5,11)12)7(9(6,13)14)15-18(16)17/h1-3,7,18H,(H,15,16,17). The van der Waals surface area contributed by atoms with Crippen molar-refractivity contribution < 1.29 is 30.4 Å². The minimum atomic E-state index is -4.33. The minimum Gasteiger partial charge on any atom is -0.215 e. The van der Waals surface area contributed by atoms with Gasteiger partial charge in [0.1, 0.15) is 6.04 Å². The van der Waals surface area contributed by atoms with Crippen LogP contribution >= 0.6 is 0 Å². The molecule has 100 valence electrons. The monoisotopic (exact) mass is 287 g/mol. The van der Waals surface area contributed by atoms with Crippen molar-refractivity contribution in [2.24, 2.45) is 0 Å². The molecule has 1 atom stereocenters. The van der Waals surface area contributed by atoms with Gasteiger partial charge in [0.05, 0.1) is 5.57 Å². The van der Waals surface area contributed by atoms with Crippen molar-refractivity contribution in [3.8, 4) is 0 Å². The summed E-state index contributed by atoms with van der Waals surface area (Å²) in [5.41, 5.74) is -2.23. The highest BCUT2D eigenvalue weighted by molar-refractivity contribution is 7.70. The van der Waals surface area contributed by atoms with E-state index in [9.17, 15) is 30.4 Å². The molecule has 2 aliphatic carbocycles. The second-order valence-corrected chi connectivity index (χ2v) is 4.51. The Morgan fingerprint density at radius 1 is 1.22 bits per heavy atom. The molecule has 0 heterocycles. The molecule has 0 saturated carbocycles. The average molecular weight is 287 g/mol. The van der Waals surface area contributed by atoms with Crippen LogP contribution in [0.4, 0.5) is 22.0 Å². The van der Waals surface area contributed by atoms with Crippen molar-refractivity contribution in [1.82, 2.24) is 4.72 Å². The van der Waals surface area contributed by atoms with E-state index < -0.39 is 45.8 Å². The molecule has 0 aromatic carbocycles. The topological polar surface area (TPSA) is 46.2 Å². The molecule has 3 nitrogen and oxygen atoms in total. The molecule has 0 aliphatic heterocycles. The van der Waals surface area contributed by atoms with Gasteiger partial charge in [0.2, 0.25) is 10.9 Å². The van der Waals surface area contributed by atoms with Gasteiger partial charge in [-0.05, 0) is 11.6 Å². The zero-order valence-electron chi connectivity index (χ0n) is 8.46. The number of thiol groups is 1. The van der Waals surface area contributed by atoms with Crippen LogP contribution in [0.2, 0.25) is 0 Å². The van der Waals surface area contributed by atoms with Crippen LogP contribution in [0.3, 0.4) is 0 Å². The maximum absolute atomic E-state index is 13.4. The molecule has 1 unspecified atom stereocenters. The van der Waals surface area contributed by atoms with Crippen LogP contribution in [0.15, 0.2) is 35.2 Å². The minimum absolute atomic E-state index is 0.265. The molecule has 0 saturated heterocycles. The van der Waals surface area contributed by atoms with Crippen molar-refractivity contribution >= 4 is 10.9 Å². The summed E-state index contributed by atoms with van der Waals surface area (Å²) in [5.74, 6) is -10.5. The molecule has 1 N–H and O–H groups in total. The Hall–Kier alpha value is -1.22. The van der Waals surface area contributed by atoms with Crippen LogP contribution in [-0.4, -0.2) is 26.3 Å². The Morgan fingerprint density at radius 2 is 1.83 bits per heavy atom. The van der Waals surface area contributed by atoms with E-state index in [2.05, 4.69) is 0 Å². The molecule has 2 aliphatic rings. The molecular weight excluding hydrogens is 281 g/mol. The highest BCUT2D eigenvalue weighted by atomic mass is 32.2. The maximum atomic E-state index is 13.4. The summed E-state index contributed by atoms with van der Waals surface area (Å²) in [4.78, 5) is 0. The van der Waals surface area contributed by atoms with Crippen molar-refractivity contribution in [2.75, 3.05) is 0 Å². The molecule has 0 aromatic heterocycles. The Kier molecular flexibility index (Phi) is 2.85. The third-order valence-corrected chi connectivity index (χ3v) is 3.09. The number of alkyl halides is 4. The van der Waals surface area contributed by atoms with Gasteiger partial charge < -0.3 is 0 Å². The lowest BCUT2D eigenvalue weighted by Crippen LogP contribution is -2.42. The summed E-state index contributed by atoms with van der Waals surface area (Å²) in [6, 6.07) is -2.34. The van der Waals surface area contributed by atoms with Gasteiger partial charge in [-0.2, -0.15) is 17.6 Å². The Labute approximate surface area is 99.7 Å². The van der Waals surface area contributed by atoms with Crippen molar-refractivity contribution in [2.45, 2.75) is 17.9 Å². The number of allylic oxidation sites excluding steroid dienone is 3. The van der Waals surface area contributed by atoms with E-state index in [0.29, 0.717) is 0 Å². The first-order valence-electron chi connectivity index (χ1n) is 4.64. The van der Waals surface area contributed by atoms with Crippen molar-refractivity contribution in [1.29, 1.82) is 0 Å². The zero-order chi connectivity index (χ0) is 13.7. The quantitative estimate of drug-likeness (QED) is 0.597. The SMILES string of the molecule is O=[SH](=O)NC1C2=CC=CC(F)(F)C2=C(F)C1(F)F. The van der Waals surface area contributed by atoms with Crippen molar-refractivity contribution in [3.05, 3.63) is 35.2 Å². The lowest BCUT2D eigenvalue weighted by molar-refractivity contribution is 0.00607. The molecule has 0 spiro atoms. The number of halogens is 5. The summed E-state index contributed by atoms with van der Waals surface area (Å²) < 4.78 is 89.1. The molecule has 0 fully saturated rings. The molecule has 0 bridgehead atoms. The van der Waals surface area contributed by atoms with Gasteiger partial charge in [0.15, 0.2) is 5.83 Å². The predicted molar refractivity (Wildman–Crippen MR) is 52.5 cm³/mol. The normalized spacial score (nSPS) is 28.6. The van der Waals surface area contributed by atoms with Gasteiger partial charge in [-0.1, -0.05) is 12.2 Å². The predicted octanol–water partition coefficient (Wildman–Crippen LogP) is 1.48. The van der Waals surface area contributed by atoms with Gasteiger partial charge in [-0.15, -0.1) is 0 Å². The molecule has 9 heteroatoms. The summed E-state index contributed by atoms with van der Waals surface area (Å²) in [7, 11) is -3.49. The van der Waals surface area contributed by atoms with Crippen LogP contribution in [0, 0.1) is 0 Å². The summed E-state index contributed by atoms with van der Waals surface area (Å²) >= 11 is 0. The fourth-order valence-corrected chi connectivity index (χ4v) is 2.40. The average Bonchev–Trinajstić information content (AvgIpc) is 2.39. The number of rotatable bonds is 2. The van der Waals surface area contributed by atoms with Gasteiger partial charge in [-0.3, -0.25) is 0 Å². The number of fused-ring (bicyclic) bond motifs is 1. The Morgan fingerprint density at radius 3 is 2.39 bits per heavy atom. The maximum Gasteiger partial charge on any atom is 0.319 e. The second kappa shape index (κ2) is 3.89. The van der Waals surface area contributed by atoms with E-state index in [1.54, 1.807) is 0 Å². The van der Waals surface area contributed by atoms with E-state index in [0.717, 1.165) is 12.2 Å². The molecule has 0 aromatic rings. The molecular formula is C9H6F5NO2S. The zero-order valence-corrected chi connectivity index (χ0v) is 9.36. The number of hydrogen-bond acceptors (Lipinski definition) is 2. The van der Waals surface area contributed by atoms with Crippen molar-refractivity contribution in [3.63, 3.8) is 0 Å². The van der Waals surface area contributed by atoms with E-state index in [-0.39, 0.29) is 6.08 Å². The van der Waals surface area contributed by atoms with E-state index in [4.69, 9.17) is 0 Å². The number of hydrogen-bond donors (Lipinski definition) is 2. The van der Waals surface area contributed by atoms with E-state index in [1.807, 2.05) is 0 Å². The van der Waals surface area contributed by atoms with E-state index >= 15 is 0 Å². The van der Waals surface area contributed by atoms with Gasteiger partial charge in [-0.25, -0.2) is 17.5 Å².